The minimum atomic E-state index is -2.96. The van der Waals surface area contributed by atoms with Gasteiger partial charge < -0.3 is 41.6 Å². The number of phenolic OH excluding ortho intramolecular Hbond substituents is 1. The SMILES string of the molecule is Cc1cc(C(=O)N2CCCCC2)ccc1C1CN(C(/C=C(\N)c2ccccc2O)=C(N)N)CCC1(F)F.O=C1CCN(c2cnc3c(c2)c(C2CC2)cn3C2CCN(CCF)CC2)C(=O)N1. The summed E-state index contributed by atoms with van der Waals surface area (Å²) in [6.07, 6.45) is 12.9. The Morgan fingerprint density at radius 2 is 1.67 bits per heavy atom. The summed E-state index contributed by atoms with van der Waals surface area (Å²) in [6, 6.07) is 13.6. The molecule has 4 aliphatic heterocycles. The molecule has 4 amide bonds. The van der Waals surface area contributed by atoms with Gasteiger partial charge in [0.15, 0.2) is 0 Å². The number of anilines is 1. The van der Waals surface area contributed by atoms with Crippen LogP contribution >= 0.6 is 0 Å². The number of nitrogens with two attached hydrogens (primary N) is 3. The van der Waals surface area contributed by atoms with Gasteiger partial charge in [-0.05, 0) is 111 Å². The second-order valence-corrected chi connectivity index (χ2v) is 18.2. The fourth-order valence-corrected chi connectivity index (χ4v) is 9.87. The van der Waals surface area contributed by atoms with Crippen molar-refractivity contribution in [2.24, 2.45) is 17.2 Å². The van der Waals surface area contributed by atoms with Crippen molar-refractivity contribution in [3.63, 3.8) is 0 Å². The molecule has 0 spiro atoms. The van der Waals surface area contributed by atoms with E-state index in [0.29, 0.717) is 59.4 Å². The van der Waals surface area contributed by atoms with E-state index >= 15 is 8.78 Å². The molecule has 352 valence electrons. The Bertz CT molecular complexity index is 2500. The molecule has 9 rings (SSSR count). The van der Waals surface area contributed by atoms with Crippen LogP contribution in [0.3, 0.4) is 0 Å². The van der Waals surface area contributed by atoms with Gasteiger partial charge in [0.25, 0.3) is 11.8 Å². The molecule has 1 unspecified atom stereocenters. The zero-order valence-electron chi connectivity index (χ0n) is 37.5. The Hall–Kier alpha value is -6.23. The van der Waals surface area contributed by atoms with Crippen LogP contribution in [0.1, 0.15) is 108 Å². The lowest BCUT2D eigenvalue weighted by Crippen LogP contribution is -2.49. The number of carbonyl (C=O) groups is 3. The predicted octanol–water partition coefficient (Wildman–Crippen LogP) is 6.80. The molecular formula is C49H61F3N10O4. The van der Waals surface area contributed by atoms with E-state index in [1.165, 1.54) is 30.5 Å². The van der Waals surface area contributed by atoms with Crippen molar-refractivity contribution in [1.29, 1.82) is 0 Å². The van der Waals surface area contributed by atoms with Gasteiger partial charge in [0.05, 0.1) is 23.5 Å². The van der Waals surface area contributed by atoms with E-state index in [9.17, 15) is 23.9 Å². The van der Waals surface area contributed by atoms with Crippen molar-refractivity contribution >= 4 is 40.3 Å². The largest absolute Gasteiger partial charge is 0.507 e. The number of piperidine rings is 3. The highest BCUT2D eigenvalue weighted by Crippen LogP contribution is 2.46. The van der Waals surface area contributed by atoms with E-state index in [1.54, 1.807) is 59.3 Å². The van der Waals surface area contributed by atoms with Crippen LogP contribution in [0, 0.1) is 6.92 Å². The number of aryl methyl sites for hydroxylation is 1. The number of halogens is 3. The van der Waals surface area contributed by atoms with Crippen LogP contribution in [0.2, 0.25) is 0 Å². The number of carbonyl (C=O) groups excluding carboxylic acids is 3. The number of imide groups is 1. The van der Waals surface area contributed by atoms with Crippen molar-refractivity contribution < 1.29 is 32.7 Å². The highest BCUT2D eigenvalue weighted by Gasteiger charge is 2.46. The molecular weight excluding hydrogens is 850 g/mol. The number of allylic oxidation sites excluding steroid dienone is 1. The number of alkyl halides is 3. The van der Waals surface area contributed by atoms with E-state index in [4.69, 9.17) is 22.2 Å². The molecule has 5 aliphatic rings. The van der Waals surface area contributed by atoms with Gasteiger partial charge in [-0.25, -0.2) is 22.9 Å². The van der Waals surface area contributed by atoms with E-state index in [2.05, 4.69) is 27.0 Å². The number of hydrogen-bond acceptors (Lipinski definition) is 10. The number of nitrogens with one attached hydrogen (secondary N) is 1. The standard InChI is InChI=1S/C28H35F2N5O2.C21H26FN5O2/c1-18-15-19(27(37)34-12-5-2-6-13-34)9-10-20(18)22-17-35(14-11-28(22,29)30)24(26(32)33)16-23(31)21-7-3-4-8-25(21)36;22-6-10-25-7-3-15(4-8-25)27-13-18(14-1-2-14)17-11-16(12-23-20(17)27)26-9-5-19(28)24-21(26)29/h3-4,7-10,15-16,22,36H,2,5-6,11-14,17,31-33H2,1H3;11-15H,1-10H2,(H,24,28,29)/b23-16-;. The van der Waals surface area contributed by atoms with E-state index in [1.807, 2.05) is 4.90 Å². The van der Waals surface area contributed by atoms with Gasteiger partial charge in [0.2, 0.25) is 5.91 Å². The molecule has 8 N–H and O–H groups in total. The summed E-state index contributed by atoms with van der Waals surface area (Å²) in [5, 5.41) is 13.6. The first kappa shape index (κ1) is 46.3. The van der Waals surface area contributed by atoms with Crippen LogP contribution in [0.5, 0.6) is 5.75 Å². The maximum Gasteiger partial charge on any atom is 0.328 e. The number of fused-ring (bicyclic) bond motifs is 1. The number of benzene rings is 2. The second kappa shape index (κ2) is 19.7. The minimum absolute atomic E-state index is 0.0101. The number of urea groups is 1. The highest BCUT2D eigenvalue weighted by atomic mass is 19.3. The van der Waals surface area contributed by atoms with E-state index in [-0.39, 0.29) is 54.9 Å². The minimum Gasteiger partial charge on any atom is -0.507 e. The Kier molecular flexibility index (Phi) is 13.8. The summed E-state index contributed by atoms with van der Waals surface area (Å²) < 4.78 is 45.4. The number of amides is 4. The smallest absolute Gasteiger partial charge is 0.328 e. The number of nitrogens with zero attached hydrogens (tertiary/aromatic N) is 6. The summed E-state index contributed by atoms with van der Waals surface area (Å²) in [4.78, 5) is 48.7. The second-order valence-electron chi connectivity index (χ2n) is 18.2. The number of likely N-dealkylation sites (tertiary alicyclic amines) is 3. The lowest BCUT2D eigenvalue weighted by Gasteiger charge is -2.41. The summed E-state index contributed by atoms with van der Waals surface area (Å²) >= 11 is 0. The third-order valence-electron chi connectivity index (χ3n) is 13.7. The number of pyridine rings is 1. The number of rotatable bonds is 10. The van der Waals surface area contributed by atoms with Gasteiger partial charge in [0.1, 0.15) is 23.9 Å². The fraction of sp³-hybridized carbons (Fsp3) is 0.469. The molecule has 4 aromatic rings. The Morgan fingerprint density at radius 1 is 0.924 bits per heavy atom. The van der Waals surface area contributed by atoms with Gasteiger partial charge in [-0.1, -0.05) is 18.2 Å². The van der Waals surface area contributed by atoms with Gasteiger partial charge in [-0.15, -0.1) is 0 Å². The summed E-state index contributed by atoms with van der Waals surface area (Å²) in [7, 11) is 0. The molecule has 6 heterocycles. The predicted molar refractivity (Wildman–Crippen MR) is 248 cm³/mol. The van der Waals surface area contributed by atoms with Crippen molar-refractivity contribution in [3.05, 3.63) is 106 Å². The van der Waals surface area contributed by atoms with Crippen LogP contribution in [-0.2, 0) is 4.79 Å². The molecule has 66 heavy (non-hydrogen) atoms. The monoisotopic (exact) mass is 910 g/mol. The molecule has 2 aromatic carbocycles. The molecule has 17 heteroatoms. The quantitative estimate of drug-likeness (QED) is 0.106. The Morgan fingerprint density at radius 3 is 2.33 bits per heavy atom. The lowest BCUT2D eigenvalue weighted by molar-refractivity contribution is -0.120. The normalized spacial score (nSPS) is 20.8. The molecule has 4 saturated heterocycles. The summed E-state index contributed by atoms with van der Waals surface area (Å²) in [6.45, 7) is 5.64. The van der Waals surface area contributed by atoms with Crippen molar-refractivity contribution in [1.82, 2.24) is 29.6 Å². The number of phenols is 1. The van der Waals surface area contributed by atoms with Crippen molar-refractivity contribution in [2.45, 2.75) is 88.5 Å². The molecule has 1 atom stereocenters. The molecule has 1 saturated carbocycles. The first-order chi connectivity index (χ1) is 31.7. The number of aromatic nitrogens is 2. The molecule has 0 radical (unpaired) electrons. The summed E-state index contributed by atoms with van der Waals surface area (Å²) in [5.74, 6) is -3.87. The van der Waals surface area contributed by atoms with Gasteiger partial charge >= 0.3 is 6.03 Å². The third-order valence-corrected chi connectivity index (χ3v) is 13.7. The third kappa shape index (κ3) is 10.1. The van der Waals surface area contributed by atoms with Crippen molar-refractivity contribution in [2.75, 3.05) is 63.9 Å². The van der Waals surface area contributed by atoms with Crippen LogP contribution in [0.4, 0.5) is 23.7 Å². The first-order valence-corrected chi connectivity index (χ1v) is 23.2. The lowest BCUT2D eigenvalue weighted by atomic mass is 9.84. The first-order valence-electron chi connectivity index (χ1n) is 23.2. The molecule has 14 nitrogen and oxygen atoms in total. The fourth-order valence-electron chi connectivity index (χ4n) is 9.87. The van der Waals surface area contributed by atoms with E-state index in [0.717, 1.165) is 75.0 Å². The number of hydrogen-bond donors (Lipinski definition) is 5. The van der Waals surface area contributed by atoms with Crippen LogP contribution in [-0.4, -0.2) is 112 Å². The van der Waals surface area contributed by atoms with Crippen molar-refractivity contribution in [3.8, 4) is 5.75 Å². The topological polar surface area (TPSA) is 192 Å². The maximum absolute atomic E-state index is 15.2. The maximum atomic E-state index is 15.2. The highest BCUT2D eigenvalue weighted by molar-refractivity contribution is 6.06. The Balaban J connectivity index is 0.000000184. The number of para-hydroxylation sites is 1. The molecule has 5 fully saturated rings. The zero-order chi connectivity index (χ0) is 46.7. The van der Waals surface area contributed by atoms with Crippen LogP contribution in [0.15, 0.2) is 78.5 Å². The van der Waals surface area contributed by atoms with Crippen LogP contribution in [0.25, 0.3) is 16.7 Å². The summed E-state index contributed by atoms with van der Waals surface area (Å²) in [5.41, 5.74) is 23.7. The van der Waals surface area contributed by atoms with Crippen LogP contribution < -0.4 is 27.4 Å². The average molecular weight is 911 g/mol. The zero-order valence-corrected chi connectivity index (χ0v) is 37.5. The molecule has 1 aliphatic carbocycles. The molecule has 0 bridgehead atoms. The van der Waals surface area contributed by atoms with Gasteiger partial charge in [-0.3, -0.25) is 19.8 Å². The van der Waals surface area contributed by atoms with Gasteiger partial charge in [0, 0.05) is 99.6 Å². The van der Waals surface area contributed by atoms with E-state index < -0.39 is 18.3 Å². The average Bonchev–Trinajstić information content (AvgIpc) is 4.09. The Labute approximate surface area is 383 Å². The van der Waals surface area contributed by atoms with Gasteiger partial charge in [-0.2, -0.15) is 0 Å². The number of aromatic hydroxyl groups is 1. The molecule has 2 aromatic heterocycles.